The number of halogens is 1. The molecule has 0 radical (unpaired) electrons. The second-order valence-electron chi connectivity index (χ2n) is 9.67. The zero-order valence-corrected chi connectivity index (χ0v) is 24.4. The van der Waals surface area contributed by atoms with E-state index in [1.165, 1.54) is 59.9 Å². The molecule has 5 rings (SSSR count). The van der Waals surface area contributed by atoms with Gasteiger partial charge in [0.15, 0.2) is 11.5 Å². The van der Waals surface area contributed by atoms with Gasteiger partial charge in [0.2, 0.25) is 15.9 Å². The van der Waals surface area contributed by atoms with E-state index >= 15 is 0 Å². The Morgan fingerprint density at radius 2 is 1.57 bits per heavy atom. The molecule has 2 aliphatic rings. The maximum absolute atomic E-state index is 13.8. The second-order valence-corrected chi connectivity index (χ2v) is 13.5. The van der Waals surface area contributed by atoms with Crippen LogP contribution in [0.25, 0.3) is 0 Å². The van der Waals surface area contributed by atoms with Crippen molar-refractivity contribution >= 4 is 37.3 Å². The third kappa shape index (κ3) is 6.15. The number of carbonyl (C=O) groups excluding carboxylic acids is 1. The van der Waals surface area contributed by atoms with Gasteiger partial charge in [0.25, 0.3) is 10.0 Å². The molecule has 2 aliphatic heterocycles. The lowest BCUT2D eigenvalue weighted by Crippen LogP contribution is -2.38. The molecule has 0 spiro atoms. The van der Waals surface area contributed by atoms with Crippen LogP contribution in [0.2, 0.25) is 0 Å². The Labute approximate surface area is 243 Å². The first-order valence-corrected chi connectivity index (χ1v) is 16.1. The summed E-state index contributed by atoms with van der Waals surface area (Å²) >= 11 is 0. The predicted octanol–water partition coefficient (Wildman–Crippen LogP) is 3.61. The van der Waals surface area contributed by atoms with Crippen molar-refractivity contribution < 1.29 is 40.2 Å². The van der Waals surface area contributed by atoms with E-state index < -0.39 is 38.3 Å². The summed E-state index contributed by atoms with van der Waals surface area (Å²) in [7, 11) is -6.83. The summed E-state index contributed by atoms with van der Waals surface area (Å²) in [6.45, 7) is 0.662. The highest BCUT2D eigenvalue weighted by molar-refractivity contribution is 7.92. The fourth-order valence-corrected chi connectivity index (χ4v) is 7.73. The highest BCUT2D eigenvalue weighted by Gasteiger charge is 2.30. The predicted molar refractivity (Wildman–Crippen MR) is 153 cm³/mol. The van der Waals surface area contributed by atoms with E-state index in [9.17, 15) is 26.0 Å². The Morgan fingerprint density at radius 1 is 0.905 bits per heavy atom. The molecule has 1 saturated heterocycles. The molecule has 0 aromatic heterocycles. The van der Waals surface area contributed by atoms with Crippen LogP contribution in [0.1, 0.15) is 19.3 Å². The molecule has 1 amide bonds. The third-order valence-electron chi connectivity index (χ3n) is 6.90. The number of rotatable bonds is 9. The summed E-state index contributed by atoms with van der Waals surface area (Å²) in [6.07, 6.45) is 2.47. The Balaban J connectivity index is 1.45. The van der Waals surface area contributed by atoms with Crippen LogP contribution in [0.5, 0.6) is 17.2 Å². The summed E-state index contributed by atoms with van der Waals surface area (Å²) in [4.78, 5) is 13.2. The summed E-state index contributed by atoms with van der Waals surface area (Å²) in [6, 6.07) is 12.9. The summed E-state index contributed by atoms with van der Waals surface area (Å²) < 4.78 is 86.4. The van der Waals surface area contributed by atoms with E-state index in [0.717, 1.165) is 35.7 Å². The van der Waals surface area contributed by atoms with Crippen LogP contribution in [0, 0.1) is 5.82 Å². The number of anilines is 2. The van der Waals surface area contributed by atoms with Crippen molar-refractivity contribution in [3.63, 3.8) is 0 Å². The zero-order valence-electron chi connectivity index (χ0n) is 22.8. The van der Waals surface area contributed by atoms with Gasteiger partial charge >= 0.3 is 0 Å². The fraction of sp³-hybridized carbons (Fsp3) is 0.321. The number of ether oxygens (including phenoxy) is 3. The largest absolute Gasteiger partial charge is 0.495 e. The van der Waals surface area contributed by atoms with E-state index in [4.69, 9.17) is 14.2 Å². The van der Waals surface area contributed by atoms with Crippen molar-refractivity contribution in [1.29, 1.82) is 0 Å². The fourth-order valence-electron chi connectivity index (χ4n) is 4.75. The van der Waals surface area contributed by atoms with Gasteiger partial charge in [-0.25, -0.2) is 21.2 Å². The van der Waals surface area contributed by atoms with Crippen LogP contribution in [-0.4, -0.2) is 67.0 Å². The topological polar surface area (TPSA) is 132 Å². The van der Waals surface area contributed by atoms with Crippen molar-refractivity contribution in [1.82, 2.24) is 4.31 Å². The van der Waals surface area contributed by atoms with Crippen LogP contribution in [0.4, 0.5) is 15.8 Å². The van der Waals surface area contributed by atoms with Crippen molar-refractivity contribution in [2.75, 3.05) is 49.6 Å². The molecule has 11 nitrogen and oxygen atoms in total. The number of piperidine rings is 1. The number of nitrogens with one attached hydrogen (secondary N) is 1. The average molecular weight is 620 g/mol. The minimum absolute atomic E-state index is 0.0280. The van der Waals surface area contributed by atoms with E-state index in [2.05, 4.69) is 5.32 Å². The van der Waals surface area contributed by atoms with Crippen molar-refractivity contribution in [3.05, 3.63) is 66.5 Å². The number of carbonyl (C=O) groups is 1. The van der Waals surface area contributed by atoms with Gasteiger partial charge in [0.05, 0.1) is 28.3 Å². The van der Waals surface area contributed by atoms with Gasteiger partial charge in [-0.3, -0.25) is 9.10 Å². The molecule has 224 valence electrons. The van der Waals surface area contributed by atoms with Crippen molar-refractivity contribution in [2.45, 2.75) is 29.1 Å². The van der Waals surface area contributed by atoms with E-state index in [-0.39, 0.29) is 39.3 Å². The lowest BCUT2D eigenvalue weighted by Gasteiger charge is -2.26. The van der Waals surface area contributed by atoms with Crippen LogP contribution in [-0.2, 0) is 24.8 Å². The van der Waals surface area contributed by atoms with E-state index in [0.29, 0.717) is 25.4 Å². The highest BCUT2D eigenvalue weighted by atomic mass is 32.2. The maximum Gasteiger partial charge on any atom is 0.264 e. The Bertz CT molecular complexity index is 1680. The number of hydrogen-bond donors (Lipinski definition) is 1. The smallest absolute Gasteiger partial charge is 0.264 e. The van der Waals surface area contributed by atoms with Gasteiger partial charge in [0, 0.05) is 19.2 Å². The van der Waals surface area contributed by atoms with Crippen molar-refractivity contribution in [2.24, 2.45) is 0 Å². The van der Waals surface area contributed by atoms with Gasteiger partial charge in [-0.1, -0.05) is 6.42 Å². The number of fused-ring (bicyclic) bond motifs is 1. The Hall–Kier alpha value is -3.88. The summed E-state index contributed by atoms with van der Waals surface area (Å²) in [5.41, 5.74) is 0.0891. The molecule has 42 heavy (non-hydrogen) atoms. The normalized spacial score (nSPS) is 15.6. The number of amides is 1. The maximum atomic E-state index is 13.8. The molecule has 0 aliphatic carbocycles. The first-order valence-electron chi connectivity index (χ1n) is 13.3. The molecular formula is C28H30FN3O8S2. The first kappa shape index (κ1) is 29.6. The Kier molecular flexibility index (Phi) is 8.57. The number of methoxy groups -OCH3 is 1. The van der Waals surface area contributed by atoms with Crippen LogP contribution in [0.15, 0.2) is 70.5 Å². The first-order chi connectivity index (χ1) is 20.1. The Morgan fingerprint density at radius 3 is 2.26 bits per heavy atom. The van der Waals surface area contributed by atoms with Crippen LogP contribution in [0.3, 0.4) is 0 Å². The van der Waals surface area contributed by atoms with Crippen LogP contribution >= 0.6 is 0 Å². The minimum Gasteiger partial charge on any atom is -0.495 e. The molecule has 14 heteroatoms. The molecule has 1 N–H and O–H groups in total. The monoisotopic (exact) mass is 619 g/mol. The quantitative estimate of drug-likeness (QED) is 0.384. The summed E-state index contributed by atoms with van der Waals surface area (Å²) in [5.74, 6) is -0.563. The van der Waals surface area contributed by atoms with Gasteiger partial charge < -0.3 is 19.5 Å². The van der Waals surface area contributed by atoms with Crippen LogP contribution < -0.4 is 23.8 Å². The second kappa shape index (κ2) is 12.2. The van der Waals surface area contributed by atoms with Gasteiger partial charge in [0.1, 0.15) is 31.3 Å². The van der Waals surface area contributed by atoms with Gasteiger partial charge in [-0.2, -0.15) is 4.31 Å². The standard InChI is InChI=1S/C28H30FN3O8S2/c1-38-25-11-9-22(41(34,35)31-13-3-2-4-14-31)17-24(25)30-28(33)19-32(21-7-5-20(29)6-8-21)42(36,37)23-10-12-26-27(18-23)40-16-15-39-26/h5-12,17-18H,2-4,13-16,19H2,1H3,(H,30,33). The number of sulfonamides is 2. The number of nitrogens with zero attached hydrogens (tertiary/aromatic N) is 2. The SMILES string of the molecule is COc1ccc(S(=O)(=O)N2CCCCC2)cc1NC(=O)CN(c1ccc(F)cc1)S(=O)(=O)c1ccc2c(c1)OCCO2. The molecule has 2 heterocycles. The van der Waals surface area contributed by atoms with Gasteiger partial charge in [-0.05, 0) is 67.4 Å². The molecule has 3 aromatic carbocycles. The van der Waals surface area contributed by atoms with Gasteiger partial charge in [-0.15, -0.1) is 0 Å². The number of benzene rings is 3. The zero-order chi connectivity index (χ0) is 29.9. The minimum atomic E-state index is -4.37. The summed E-state index contributed by atoms with van der Waals surface area (Å²) in [5, 5.41) is 2.59. The molecule has 0 bridgehead atoms. The van der Waals surface area contributed by atoms with E-state index in [1.54, 1.807) is 0 Å². The molecule has 0 saturated carbocycles. The highest BCUT2D eigenvalue weighted by Crippen LogP contribution is 2.35. The molecular weight excluding hydrogens is 589 g/mol. The molecule has 3 aromatic rings. The number of hydrogen-bond acceptors (Lipinski definition) is 8. The molecule has 0 atom stereocenters. The van der Waals surface area contributed by atoms with Crippen molar-refractivity contribution in [3.8, 4) is 17.2 Å². The lowest BCUT2D eigenvalue weighted by molar-refractivity contribution is -0.114. The lowest BCUT2D eigenvalue weighted by atomic mass is 10.2. The third-order valence-corrected chi connectivity index (χ3v) is 10.6. The van der Waals surface area contributed by atoms with E-state index in [1.807, 2.05) is 0 Å². The molecule has 0 unspecified atom stereocenters. The average Bonchev–Trinajstić information content (AvgIpc) is 3.00. The molecule has 1 fully saturated rings.